The first-order valence-electron chi connectivity index (χ1n) is 9.17. The maximum absolute atomic E-state index is 12.6. The fraction of sp³-hybridized carbons (Fsp3) is 0.421. The number of amides is 1. The van der Waals surface area contributed by atoms with Gasteiger partial charge in [0.2, 0.25) is 5.91 Å². The molecule has 0 spiro atoms. The zero-order valence-electron chi connectivity index (χ0n) is 16.2. The highest BCUT2D eigenvalue weighted by Crippen LogP contribution is 2.16. The van der Waals surface area contributed by atoms with Gasteiger partial charge in [0.15, 0.2) is 5.96 Å². The summed E-state index contributed by atoms with van der Waals surface area (Å²) < 4.78 is 7.38. The molecule has 1 amide bonds. The number of anilines is 1. The van der Waals surface area contributed by atoms with Gasteiger partial charge in [0.05, 0.1) is 18.4 Å². The number of aromatic nitrogens is 2. The van der Waals surface area contributed by atoms with E-state index in [0.717, 1.165) is 23.9 Å². The molecule has 28 heavy (non-hydrogen) atoms. The number of ether oxygens (including phenoxy) is 1. The smallest absolute Gasteiger partial charge is 0.246 e. The van der Waals surface area contributed by atoms with Crippen molar-refractivity contribution >= 4 is 41.5 Å². The highest BCUT2D eigenvalue weighted by molar-refractivity contribution is 14.0. The average Bonchev–Trinajstić information content (AvgIpc) is 3.11. The number of halogens is 1. The molecule has 1 saturated heterocycles. The summed E-state index contributed by atoms with van der Waals surface area (Å²) in [7, 11) is 1.84. The number of piperazine rings is 1. The summed E-state index contributed by atoms with van der Waals surface area (Å²) in [5.41, 5.74) is 0.834. The van der Waals surface area contributed by atoms with Crippen LogP contribution in [0.4, 0.5) is 5.69 Å². The Hall–Kier alpha value is -2.30. The number of aliphatic imine (C=N–C) groups is 1. The van der Waals surface area contributed by atoms with Crippen molar-refractivity contribution in [2.24, 2.45) is 12.0 Å². The van der Waals surface area contributed by atoms with E-state index in [1.807, 2.05) is 55.4 Å². The van der Waals surface area contributed by atoms with Crippen LogP contribution in [0.5, 0.6) is 5.75 Å². The Balaban J connectivity index is 0.00000280. The van der Waals surface area contributed by atoms with Crippen LogP contribution in [0.15, 0.2) is 47.7 Å². The highest BCUT2D eigenvalue weighted by atomic mass is 127. The molecule has 0 unspecified atom stereocenters. The molecule has 1 fully saturated rings. The number of nitrogens with zero attached hydrogens (tertiary/aromatic N) is 5. The van der Waals surface area contributed by atoms with Crippen molar-refractivity contribution in [1.29, 1.82) is 0 Å². The number of guanidine groups is 1. The van der Waals surface area contributed by atoms with E-state index in [-0.39, 0.29) is 29.9 Å². The SMILES string of the molecule is CCNC(=NCCOc1ccccc1)N1CCN(c2cnn(C)c2)C(=O)C1.I. The fourth-order valence-electron chi connectivity index (χ4n) is 2.93. The van der Waals surface area contributed by atoms with Gasteiger partial charge in [-0.05, 0) is 19.1 Å². The van der Waals surface area contributed by atoms with Crippen molar-refractivity contribution in [2.75, 3.05) is 44.2 Å². The van der Waals surface area contributed by atoms with E-state index in [9.17, 15) is 4.79 Å². The van der Waals surface area contributed by atoms with Crippen molar-refractivity contribution < 1.29 is 9.53 Å². The number of rotatable bonds is 6. The second-order valence-corrected chi connectivity index (χ2v) is 6.24. The van der Waals surface area contributed by atoms with Crippen LogP contribution in [0.2, 0.25) is 0 Å². The van der Waals surface area contributed by atoms with Gasteiger partial charge in [0.1, 0.15) is 18.9 Å². The number of nitrogens with one attached hydrogen (secondary N) is 1. The largest absolute Gasteiger partial charge is 0.492 e. The first kappa shape index (κ1) is 22.0. The van der Waals surface area contributed by atoms with Crippen LogP contribution in [0.3, 0.4) is 0 Å². The minimum absolute atomic E-state index is 0. The molecular formula is C19H27IN6O2. The van der Waals surface area contributed by atoms with E-state index in [4.69, 9.17) is 4.74 Å². The molecule has 2 heterocycles. The van der Waals surface area contributed by atoms with Gasteiger partial charge in [-0.2, -0.15) is 5.10 Å². The van der Waals surface area contributed by atoms with Gasteiger partial charge in [0.25, 0.3) is 0 Å². The normalized spacial score (nSPS) is 14.6. The van der Waals surface area contributed by atoms with Crippen LogP contribution < -0.4 is 15.0 Å². The molecular weight excluding hydrogens is 471 g/mol. The molecule has 0 radical (unpaired) electrons. The van der Waals surface area contributed by atoms with Crippen molar-refractivity contribution in [3.63, 3.8) is 0 Å². The molecule has 0 saturated carbocycles. The van der Waals surface area contributed by atoms with Crippen LogP contribution in [-0.2, 0) is 11.8 Å². The van der Waals surface area contributed by atoms with Gasteiger partial charge in [-0.15, -0.1) is 24.0 Å². The Bertz CT molecular complexity index is 780. The van der Waals surface area contributed by atoms with Crippen LogP contribution in [-0.4, -0.2) is 65.9 Å². The quantitative estimate of drug-likeness (QED) is 0.284. The summed E-state index contributed by atoms with van der Waals surface area (Å²) in [6.45, 7) is 5.39. The molecule has 8 nitrogen and oxygen atoms in total. The summed E-state index contributed by atoms with van der Waals surface area (Å²) in [6.07, 6.45) is 3.57. The molecule has 1 aliphatic heterocycles. The van der Waals surface area contributed by atoms with Crippen LogP contribution >= 0.6 is 24.0 Å². The zero-order valence-corrected chi connectivity index (χ0v) is 18.6. The Morgan fingerprint density at radius 2 is 2.07 bits per heavy atom. The Labute approximate surface area is 182 Å². The standard InChI is InChI=1S/C19H26N6O2.HI/c1-3-20-19(21-9-12-27-17-7-5-4-6-8-17)24-10-11-25(18(26)15-24)16-13-22-23(2)14-16;/h4-8,13-14H,3,9-12,15H2,1-2H3,(H,20,21);1H. The second kappa shape index (κ2) is 10.9. The highest BCUT2D eigenvalue weighted by Gasteiger charge is 2.27. The molecule has 0 atom stereocenters. The molecule has 2 aromatic rings. The van der Waals surface area contributed by atoms with E-state index in [1.165, 1.54) is 0 Å². The average molecular weight is 498 g/mol. The minimum Gasteiger partial charge on any atom is -0.492 e. The Morgan fingerprint density at radius 3 is 2.71 bits per heavy atom. The predicted molar refractivity (Wildman–Crippen MR) is 120 cm³/mol. The van der Waals surface area contributed by atoms with Crippen LogP contribution in [0.1, 0.15) is 6.92 Å². The maximum Gasteiger partial charge on any atom is 0.246 e. The summed E-state index contributed by atoms with van der Waals surface area (Å²) in [5, 5.41) is 7.41. The first-order chi connectivity index (χ1) is 13.2. The van der Waals surface area contributed by atoms with E-state index in [1.54, 1.807) is 15.8 Å². The topological polar surface area (TPSA) is 75.0 Å². The molecule has 1 aromatic heterocycles. The minimum atomic E-state index is 0. The molecule has 1 N–H and O–H groups in total. The summed E-state index contributed by atoms with van der Waals surface area (Å²) in [4.78, 5) is 20.9. The lowest BCUT2D eigenvalue weighted by Crippen LogP contribution is -2.55. The number of carbonyl (C=O) groups excluding carboxylic acids is 1. The van der Waals surface area contributed by atoms with Gasteiger partial charge in [-0.25, -0.2) is 4.99 Å². The lowest BCUT2D eigenvalue weighted by atomic mass is 10.3. The number of hydrogen-bond acceptors (Lipinski definition) is 4. The molecule has 152 valence electrons. The third kappa shape index (κ3) is 5.85. The summed E-state index contributed by atoms with van der Waals surface area (Å²) >= 11 is 0. The number of benzene rings is 1. The predicted octanol–water partition coefficient (Wildman–Crippen LogP) is 1.73. The van der Waals surface area contributed by atoms with Crippen molar-refractivity contribution in [1.82, 2.24) is 20.0 Å². The van der Waals surface area contributed by atoms with Crippen LogP contribution in [0.25, 0.3) is 0 Å². The monoisotopic (exact) mass is 498 g/mol. The maximum atomic E-state index is 12.6. The Morgan fingerprint density at radius 1 is 1.29 bits per heavy atom. The van der Waals surface area contributed by atoms with Crippen molar-refractivity contribution in [2.45, 2.75) is 6.92 Å². The molecule has 1 aromatic carbocycles. The molecule has 1 aliphatic rings. The molecule has 9 heteroatoms. The molecule has 0 aliphatic carbocycles. The van der Waals surface area contributed by atoms with Crippen molar-refractivity contribution in [3.05, 3.63) is 42.7 Å². The van der Waals surface area contributed by atoms with Gasteiger partial charge >= 0.3 is 0 Å². The third-order valence-corrected chi connectivity index (χ3v) is 4.22. The summed E-state index contributed by atoms with van der Waals surface area (Å²) in [5.74, 6) is 1.62. The first-order valence-corrected chi connectivity index (χ1v) is 9.17. The van der Waals surface area contributed by atoms with Gasteiger partial charge in [-0.3, -0.25) is 9.48 Å². The number of hydrogen-bond donors (Lipinski definition) is 1. The lowest BCUT2D eigenvalue weighted by molar-refractivity contribution is -0.120. The van der Waals surface area contributed by atoms with E-state index in [0.29, 0.717) is 32.8 Å². The zero-order chi connectivity index (χ0) is 19.1. The van der Waals surface area contributed by atoms with Crippen molar-refractivity contribution in [3.8, 4) is 5.75 Å². The summed E-state index contributed by atoms with van der Waals surface area (Å²) in [6, 6.07) is 9.68. The number of aryl methyl sites for hydroxylation is 1. The number of para-hydroxylation sites is 1. The van der Waals surface area contributed by atoms with Gasteiger partial charge in [0, 0.05) is 32.9 Å². The van der Waals surface area contributed by atoms with E-state index < -0.39 is 0 Å². The number of carbonyl (C=O) groups is 1. The lowest BCUT2D eigenvalue weighted by Gasteiger charge is -2.35. The van der Waals surface area contributed by atoms with Crippen LogP contribution in [0, 0.1) is 0 Å². The van der Waals surface area contributed by atoms with E-state index >= 15 is 0 Å². The van der Waals surface area contributed by atoms with E-state index in [2.05, 4.69) is 15.4 Å². The fourth-order valence-corrected chi connectivity index (χ4v) is 2.93. The molecule has 0 bridgehead atoms. The second-order valence-electron chi connectivity index (χ2n) is 6.24. The molecule has 3 rings (SSSR count). The van der Waals surface area contributed by atoms with Gasteiger partial charge < -0.3 is 19.9 Å². The Kier molecular flexibility index (Phi) is 8.55. The van der Waals surface area contributed by atoms with Gasteiger partial charge in [-0.1, -0.05) is 18.2 Å². The third-order valence-electron chi connectivity index (χ3n) is 4.22.